The van der Waals surface area contributed by atoms with Gasteiger partial charge in [-0.3, -0.25) is 4.90 Å². The van der Waals surface area contributed by atoms with Gasteiger partial charge >= 0.3 is 0 Å². The molecular weight excluding hydrogens is 392 g/mol. The molecule has 0 radical (unpaired) electrons. The van der Waals surface area contributed by atoms with Crippen molar-refractivity contribution in [3.63, 3.8) is 0 Å². The number of nitrogens with zero attached hydrogens (tertiary/aromatic N) is 2. The molecule has 0 bridgehead atoms. The Morgan fingerprint density at radius 2 is 1.94 bits per heavy atom. The molecule has 31 heavy (non-hydrogen) atoms. The van der Waals surface area contributed by atoms with Crippen LogP contribution in [-0.4, -0.2) is 64.0 Å². The van der Waals surface area contributed by atoms with Crippen molar-refractivity contribution in [3.8, 4) is 11.5 Å². The molecule has 0 saturated carbocycles. The second kappa shape index (κ2) is 12.8. The number of guanidine groups is 1. The van der Waals surface area contributed by atoms with E-state index in [1.165, 1.54) is 0 Å². The Balaban J connectivity index is 1.54. The molecule has 1 heterocycles. The minimum Gasteiger partial charge on any atom is -0.497 e. The van der Waals surface area contributed by atoms with Gasteiger partial charge in [0.2, 0.25) is 0 Å². The first-order valence-corrected chi connectivity index (χ1v) is 10.9. The zero-order chi connectivity index (χ0) is 21.7. The Labute approximate surface area is 185 Å². The van der Waals surface area contributed by atoms with Gasteiger partial charge in [-0.15, -0.1) is 0 Å². The summed E-state index contributed by atoms with van der Waals surface area (Å²) in [6, 6.07) is 16.1. The summed E-state index contributed by atoms with van der Waals surface area (Å²) in [7, 11) is 1.68. The molecule has 0 atom stereocenters. The molecule has 0 amide bonds. The van der Waals surface area contributed by atoms with Crippen molar-refractivity contribution in [2.24, 2.45) is 4.99 Å². The summed E-state index contributed by atoms with van der Waals surface area (Å²) in [6.45, 7) is 9.21. The van der Waals surface area contributed by atoms with Gasteiger partial charge in [-0.05, 0) is 30.7 Å². The Bertz CT molecular complexity index is 822. The smallest absolute Gasteiger partial charge is 0.191 e. The Hall–Kier alpha value is -2.77. The Morgan fingerprint density at radius 3 is 2.74 bits per heavy atom. The van der Waals surface area contributed by atoms with Crippen molar-refractivity contribution in [2.75, 3.05) is 53.1 Å². The fourth-order valence-electron chi connectivity index (χ4n) is 3.36. The van der Waals surface area contributed by atoms with E-state index in [0.29, 0.717) is 19.7 Å². The number of aliphatic imine (C=N–C) groups is 1. The number of hydrogen-bond acceptors (Lipinski definition) is 5. The van der Waals surface area contributed by atoms with Crippen molar-refractivity contribution in [2.45, 2.75) is 20.0 Å². The highest BCUT2D eigenvalue weighted by molar-refractivity contribution is 5.79. The third-order valence-corrected chi connectivity index (χ3v) is 5.09. The molecule has 3 rings (SSSR count). The maximum atomic E-state index is 6.09. The number of methoxy groups -OCH3 is 1. The first kappa shape index (κ1) is 22.9. The van der Waals surface area contributed by atoms with Crippen LogP contribution in [0.25, 0.3) is 0 Å². The first-order valence-electron chi connectivity index (χ1n) is 10.9. The maximum Gasteiger partial charge on any atom is 0.191 e. The molecule has 1 aliphatic rings. The highest BCUT2D eigenvalue weighted by Crippen LogP contribution is 2.18. The largest absolute Gasteiger partial charge is 0.497 e. The van der Waals surface area contributed by atoms with Crippen LogP contribution in [0.15, 0.2) is 53.5 Å². The average Bonchev–Trinajstić information content (AvgIpc) is 2.82. The topological polar surface area (TPSA) is 67.4 Å². The monoisotopic (exact) mass is 426 g/mol. The van der Waals surface area contributed by atoms with Crippen LogP contribution >= 0.6 is 0 Å². The lowest BCUT2D eigenvalue weighted by Gasteiger charge is -2.26. The number of para-hydroxylation sites is 1. The van der Waals surface area contributed by atoms with Gasteiger partial charge in [0.15, 0.2) is 5.96 Å². The van der Waals surface area contributed by atoms with Gasteiger partial charge in [0.25, 0.3) is 0 Å². The van der Waals surface area contributed by atoms with E-state index in [4.69, 9.17) is 19.2 Å². The maximum absolute atomic E-state index is 6.09. The minimum atomic E-state index is 0.574. The molecule has 1 aliphatic heterocycles. The minimum absolute atomic E-state index is 0.574. The fraction of sp³-hybridized carbons (Fsp3) is 0.458. The summed E-state index contributed by atoms with van der Waals surface area (Å²) >= 11 is 0. The zero-order valence-corrected chi connectivity index (χ0v) is 18.6. The molecule has 7 heteroatoms. The number of nitrogens with one attached hydrogen (secondary N) is 2. The van der Waals surface area contributed by atoms with Gasteiger partial charge in [0.05, 0.1) is 26.9 Å². The lowest BCUT2D eigenvalue weighted by Crippen LogP contribution is -2.38. The highest BCUT2D eigenvalue weighted by atomic mass is 16.5. The summed E-state index contributed by atoms with van der Waals surface area (Å²) in [5.74, 6) is 2.52. The van der Waals surface area contributed by atoms with Gasteiger partial charge in [-0.25, -0.2) is 4.99 Å². The fourth-order valence-corrected chi connectivity index (χ4v) is 3.36. The SMILES string of the molecule is CCNC(=NCc1cccc(OC)c1)NCc1ccccc1OCCN1CCOCC1. The molecule has 1 fully saturated rings. The van der Waals surface area contributed by atoms with Crippen molar-refractivity contribution in [1.82, 2.24) is 15.5 Å². The molecule has 0 aliphatic carbocycles. The molecule has 0 unspecified atom stereocenters. The van der Waals surface area contributed by atoms with Crippen molar-refractivity contribution in [1.29, 1.82) is 0 Å². The molecular formula is C24H34N4O3. The number of benzene rings is 2. The number of ether oxygens (including phenoxy) is 3. The Morgan fingerprint density at radius 1 is 1.10 bits per heavy atom. The van der Waals surface area contributed by atoms with Gasteiger partial charge in [0.1, 0.15) is 18.1 Å². The second-order valence-electron chi connectivity index (χ2n) is 7.31. The van der Waals surface area contributed by atoms with E-state index in [-0.39, 0.29) is 0 Å². The molecule has 2 aromatic rings. The number of hydrogen-bond donors (Lipinski definition) is 2. The van der Waals surface area contributed by atoms with Crippen molar-refractivity contribution >= 4 is 5.96 Å². The van der Waals surface area contributed by atoms with Gasteiger partial charge in [-0.1, -0.05) is 30.3 Å². The molecule has 2 aromatic carbocycles. The van der Waals surface area contributed by atoms with Crippen LogP contribution in [-0.2, 0) is 17.8 Å². The zero-order valence-electron chi connectivity index (χ0n) is 18.6. The standard InChI is InChI=1S/C24H34N4O3/c1-3-25-24(26-18-20-7-6-9-22(17-20)29-2)27-19-21-8-4-5-10-23(21)31-16-13-28-11-14-30-15-12-28/h4-10,17H,3,11-16,18-19H2,1-2H3,(H2,25,26,27). The summed E-state index contributed by atoms with van der Waals surface area (Å²) in [5, 5.41) is 6.72. The van der Waals surface area contributed by atoms with E-state index < -0.39 is 0 Å². The van der Waals surface area contributed by atoms with Gasteiger partial charge < -0.3 is 24.8 Å². The van der Waals surface area contributed by atoms with E-state index in [1.807, 2.05) is 42.5 Å². The molecule has 168 valence electrons. The van der Waals surface area contributed by atoms with E-state index in [0.717, 1.165) is 68.0 Å². The molecule has 2 N–H and O–H groups in total. The second-order valence-corrected chi connectivity index (χ2v) is 7.31. The number of rotatable bonds is 10. The van der Waals surface area contributed by atoms with Crippen LogP contribution in [0.1, 0.15) is 18.1 Å². The summed E-state index contributed by atoms with van der Waals surface area (Å²) in [4.78, 5) is 7.08. The quantitative estimate of drug-likeness (QED) is 0.450. The molecule has 0 spiro atoms. The number of morpholine rings is 1. The van der Waals surface area contributed by atoms with E-state index in [1.54, 1.807) is 7.11 Å². The van der Waals surface area contributed by atoms with E-state index in [9.17, 15) is 0 Å². The van der Waals surface area contributed by atoms with Crippen LogP contribution < -0.4 is 20.1 Å². The summed E-state index contributed by atoms with van der Waals surface area (Å²) < 4.78 is 16.8. The Kier molecular flexibility index (Phi) is 9.47. The van der Waals surface area contributed by atoms with Crippen LogP contribution in [0, 0.1) is 0 Å². The van der Waals surface area contributed by atoms with Crippen LogP contribution in [0.4, 0.5) is 0 Å². The summed E-state index contributed by atoms with van der Waals surface area (Å²) in [6.07, 6.45) is 0. The van der Waals surface area contributed by atoms with Crippen molar-refractivity contribution in [3.05, 3.63) is 59.7 Å². The van der Waals surface area contributed by atoms with Crippen LogP contribution in [0.5, 0.6) is 11.5 Å². The molecule has 1 saturated heterocycles. The van der Waals surface area contributed by atoms with Gasteiger partial charge in [-0.2, -0.15) is 0 Å². The van der Waals surface area contributed by atoms with Crippen LogP contribution in [0.2, 0.25) is 0 Å². The third-order valence-electron chi connectivity index (χ3n) is 5.09. The van der Waals surface area contributed by atoms with Gasteiger partial charge in [0, 0.05) is 38.3 Å². The van der Waals surface area contributed by atoms with Crippen molar-refractivity contribution < 1.29 is 14.2 Å². The first-order chi connectivity index (χ1) is 15.3. The third kappa shape index (κ3) is 7.77. The summed E-state index contributed by atoms with van der Waals surface area (Å²) in [5.41, 5.74) is 2.21. The normalized spacial score (nSPS) is 14.8. The lowest BCUT2D eigenvalue weighted by atomic mass is 10.2. The van der Waals surface area contributed by atoms with Crippen LogP contribution in [0.3, 0.4) is 0 Å². The molecule has 0 aromatic heterocycles. The predicted molar refractivity (Wildman–Crippen MR) is 124 cm³/mol. The predicted octanol–water partition coefficient (Wildman–Crippen LogP) is 2.66. The lowest BCUT2D eigenvalue weighted by molar-refractivity contribution is 0.0322. The van der Waals surface area contributed by atoms with E-state index >= 15 is 0 Å². The highest BCUT2D eigenvalue weighted by Gasteiger charge is 2.11. The molecule has 7 nitrogen and oxygen atoms in total. The van der Waals surface area contributed by atoms with E-state index in [2.05, 4.69) is 28.5 Å². The average molecular weight is 427 g/mol.